The molecule has 0 saturated carbocycles. The summed E-state index contributed by atoms with van der Waals surface area (Å²) in [4.78, 5) is 12.0. The minimum absolute atomic E-state index is 0.297. The van der Waals surface area contributed by atoms with Crippen LogP contribution in [0.15, 0.2) is 41.8 Å². The van der Waals surface area contributed by atoms with Crippen LogP contribution in [0.25, 0.3) is 0 Å². The summed E-state index contributed by atoms with van der Waals surface area (Å²) >= 11 is 1.73. The van der Waals surface area contributed by atoms with E-state index in [1.807, 2.05) is 30.3 Å². The average molecular weight is 246 g/mol. The molecule has 1 amide bonds. The van der Waals surface area contributed by atoms with Crippen molar-refractivity contribution in [1.29, 1.82) is 0 Å². The van der Waals surface area contributed by atoms with E-state index in [2.05, 4.69) is 16.8 Å². The predicted molar refractivity (Wildman–Crippen MR) is 71.0 cm³/mol. The first kappa shape index (κ1) is 11.7. The molecule has 0 unspecified atom stereocenters. The van der Waals surface area contributed by atoms with E-state index in [1.165, 1.54) is 4.88 Å². The lowest BCUT2D eigenvalue weighted by molar-refractivity contribution is -0.117. The fraction of sp³-hybridized carbons (Fsp3) is 0.154. The standard InChI is InChI=1S/C13H14N2OS/c14-13(16)8-10-3-5-11(6-4-10)15-9-12-2-1-7-17-12/h1-7,15H,8-9H2,(H2,14,16). The molecule has 17 heavy (non-hydrogen) atoms. The Morgan fingerprint density at radius 2 is 2.00 bits per heavy atom. The Bertz CT molecular complexity index is 477. The molecule has 0 saturated heterocycles. The Morgan fingerprint density at radius 1 is 1.24 bits per heavy atom. The van der Waals surface area contributed by atoms with Crippen molar-refractivity contribution in [3.8, 4) is 0 Å². The summed E-state index contributed by atoms with van der Waals surface area (Å²) in [6, 6.07) is 11.9. The molecule has 0 radical (unpaired) electrons. The lowest BCUT2D eigenvalue weighted by Gasteiger charge is -2.05. The Kier molecular flexibility index (Phi) is 3.77. The zero-order valence-electron chi connectivity index (χ0n) is 9.35. The summed E-state index contributed by atoms with van der Waals surface area (Å²) in [5.41, 5.74) is 7.12. The maximum atomic E-state index is 10.7. The van der Waals surface area contributed by atoms with E-state index in [9.17, 15) is 4.79 Å². The Morgan fingerprint density at radius 3 is 2.59 bits per heavy atom. The Labute approximate surface area is 104 Å². The summed E-state index contributed by atoms with van der Waals surface area (Å²) in [7, 11) is 0. The van der Waals surface area contributed by atoms with Crippen LogP contribution in [0.1, 0.15) is 10.4 Å². The van der Waals surface area contributed by atoms with Gasteiger partial charge < -0.3 is 11.1 Å². The first-order valence-corrected chi connectivity index (χ1v) is 6.25. The molecule has 1 aromatic carbocycles. The molecule has 0 atom stereocenters. The van der Waals surface area contributed by atoms with Crippen molar-refractivity contribution >= 4 is 22.9 Å². The Balaban J connectivity index is 1.91. The summed E-state index contributed by atoms with van der Waals surface area (Å²) in [6.45, 7) is 0.826. The molecule has 2 aromatic rings. The van der Waals surface area contributed by atoms with Gasteiger partial charge in [-0.3, -0.25) is 4.79 Å². The van der Waals surface area contributed by atoms with E-state index in [0.29, 0.717) is 6.42 Å². The molecule has 88 valence electrons. The molecular weight excluding hydrogens is 232 g/mol. The van der Waals surface area contributed by atoms with Crippen molar-refractivity contribution < 1.29 is 4.79 Å². The summed E-state index contributed by atoms with van der Waals surface area (Å²) in [5.74, 6) is -0.302. The van der Waals surface area contributed by atoms with Crippen LogP contribution >= 0.6 is 11.3 Å². The molecule has 0 bridgehead atoms. The van der Waals surface area contributed by atoms with Crippen LogP contribution in [0.2, 0.25) is 0 Å². The van der Waals surface area contributed by atoms with E-state index in [0.717, 1.165) is 17.8 Å². The van der Waals surface area contributed by atoms with E-state index in [4.69, 9.17) is 5.73 Å². The number of benzene rings is 1. The quantitative estimate of drug-likeness (QED) is 0.851. The molecule has 0 aliphatic carbocycles. The topological polar surface area (TPSA) is 55.1 Å². The second kappa shape index (κ2) is 5.50. The van der Waals surface area contributed by atoms with Gasteiger partial charge in [-0.25, -0.2) is 0 Å². The monoisotopic (exact) mass is 246 g/mol. The largest absolute Gasteiger partial charge is 0.380 e. The van der Waals surface area contributed by atoms with Crippen LogP contribution in [0.4, 0.5) is 5.69 Å². The van der Waals surface area contributed by atoms with Crippen LogP contribution in [0, 0.1) is 0 Å². The van der Waals surface area contributed by atoms with Crippen molar-refractivity contribution in [2.75, 3.05) is 5.32 Å². The van der Waals surface area contributed by atoms with Gasteiger partial charge in [0.05, 0.1) is 6.42 Å². The van der Waals surface area contributed by atoms with E-state index in [-0.39, 0.29) is 5.91 Å². The van der Waals surface area contributed by atoms with Crippen molar-refractivity contribution in [3.63, 3.8) is 0 Å². The third kappa shape index (κ3) is 3.60. The number of nitrogens with one attached hydrogen (secondary N) is 1. The highest BCUT2D eigenvalue weighted by atomic mass is 32.1. The second-order valence-electron chi connectivity index (χ2n) is 3.77. The van der Waals surface area contributed by atoms with Gasteiger partial charge in [-0.05, 0) is 29.1 Å². The van der Waals surface area contributed by atoms with Gasteiger partial charge in [0.15, 0.2) is 0 Å². The van der Waals surface area contributed by atoms with E-state index < -0.39 is 0 Å². The van der Waals surface area contributed by atoms with Crippen LogP contribution in [-0.2, 0) is 17.8 Å². The average Bonchev–Trinajstić information content (AvgIpc) is 2.80. The first-order valence-electron chi connectivity index (χ1n) is 5.37. The molecule has 1 heterocycles. The zero-order valence-corrected chi connectivity index (χ0v) is 10.2. The summed E-state index contributed by atoms with van der Waals surface area (Å²) in [6.07, 6.45) is 0.297. The second-order valence-corrected chi connectivity index (χ2v) is 4.81. The lowest BCUT2D eigenvalue weighted by Crippen LogP contribution is -2.13. The number of anilines is 1. The number of nitrogens with two attached hydrogens (primary N) is 1. The summed E-state index contributed by atoms with van der Waals surface area (Å²) < 4.78 is 0. The lowest BCUT2D eigenvalue weighted by atomic mass is 10.1. The van der Waals surface area contributed by atoms with Gasteiger partial charge in [0.25, 0.3) is 0 Å². The number of carbonyl (C=O) groups is 1. The highest BCUT2D eigenvalue weighted by Gasteiger charge is 1.99. The first-order chi connectivity index (χ1) is 8.24. The number of primary amides is 1. The van der Waals surface area contributed by atoms with Crippen LogP contribution < -0.4 is 11.1 Å². The number of hydrogen-bond acceptors (Lipinski definition) is 3. The predicted octanol–water partition coefficient (Wildman–Crippen LogP) is 2.39. The number of thiophene rings is 1. The normalized spacial score (nSPS) is 10.1. The minimum atomic E-state index is -0.302. The molecular formula is C13H14N2OS. The van der Waals surface area contributed by atoms with Crippen molar-refractivity contribution in [2.45, 2.75) is 13.0 Å². The molecule has 3 nitrogen and oxygen atoms in total. The fourth-order valence-corrected chi connectivity index (χ4v) is 2.19. The number of hydrogen-bond donors (Lipinski definition) is 2. The molecule has 1 aromatic heterocycles. The van der Waals surface area contributed by atoms with Gasteiger partial charge in [-0.2, -0.15) is 0 Å². The van der Waals surface area contributed by atoms with Gasteiger partial charge >= 0.3 is 0 Å². The van der Waals surface area contributed by atoms with Crippen molar-refractivity contribution in [2.24, 2.45) is 5.73 Å². The fourth-order valence-electron chi connectivity index (χ4n) is 1.54. The summed E-state index contributed by atoms with van der Waals surface area (Å²) in [5, 5.41) is 5.38. The molecule has 0 aliphatic rings. The number of amides is 1. The highest BCUT2D eigenvalue weighted by molar-refractivity contribution is 7.09. The Hall–Kier alpha value is -1.81. The third-order valence-corrected chi connectivity index (χ3v) is 3.26. The molecule has 3 N–H and O–H groups in total. The molecule has 2 rings (SSSR count). The van der Waals surface area contributed by atoms with Gasteiger partial charge in [0, 0.05) is 17.1 Å². The van der Waals surface area contributed by atoms with Gasteiger partial charge in [-0.15, -0.1) is 11.3 Å². The maximum absolute atomic E-state index is 10.7. The molecule has 0 spiro atoms. The zero-order chi connectivity index (χ0) is 12.1. The minimum Gasteiger partial charge on any atom is -0.380 e. The maximum Gasteiger partial charge on any atom is 0.221 e. The van der Waals surface area contributed by atoms with Crippen molar-refractivity contribution in [3.05, 3.63) is 52.2 Å². The van der Waals surface area contributed by atoms with E-state index in [1.54, 1.807) is 11.3 Å². The molecule has 0 fully saturated rings. The van der Waals surface area contributed by atoms with Crippen LogP contribution in [0.3, 0.4) is 0 Å². The number of carbonyl (C=O) groups excluding carboxylic acids is 1. The highest BCUT2D eigenvalue weighted by Crippen LogP contribution is 2.14. The van der Waals surface area contributed by atoms with E-state index >= 15 is 0 Å². The SMILES string of the molecule is NC(=O)Cc1ccc(NCc2cccs2)cc1. The third-order valence-electron chi connectivity index (χ3n) is 2.38. The smallest absolute Gasteiger partial charge is 0.221 e. The van der Waals surface area contributed by atoms with Gasteiger partial charge in [0.2, 0.25) is 5.91 Å². The number of rotatable bonds is 5. The van der Waals surface area contributed by atoms with Crippen LogP contribution in [0.5, 0.6) is 0 Å². The van der Waals surface area contributed by atoms with Crippen molar-refractivity contribution in [1.82, 2.24) is 0 Å². The van der Waals surface area contributed by atoms with Gasteiger partial charge in [0.1, 0.15) is 0 Å². The van der Waals surface area contributed by atoms with Gasteiger partial charge in [-0.1, -0.05) is 18.2 Å². The molecule has 4 heteroatoms. The van der Waals surface area contributed by atoms with Crippen LogP contribution in [-0.4, -0.2) is 5.91 Å². The molecule has 0 aliphatic heterocycles.